The van der Waals surface area contributed by atoms with Crippen LogP contribution < -0.4 is 10.5 Å². The minimum absolute atomic E-state index is 0.0954. The molecule has 5 nitrogen and oxygen atoms in total. The zero-order valence-corrected chi connectivity index (χ0v) is 12.1. The maximum absolute atomic E-state index is 12.5. The molecule has 0 spiro atoms. The normalized spacial score (nSPS) is 11.5. The molecule has 0 fully saturated rings. The molecule has 0 saturated carbocycles. The molecule has 0 aliphatic carbocycles. The lowest BCUT2D eigenvalue weighted by atomic mass is 10.3. The van der Waals surface area contributed by atoms with Gasteiger partial charge in [0.2, 0.25) is 10.0 Å². The van der Waals surface area contributed by atoms with E-state index < -0.39 is 10.0 Å². The lowest BCUT2D eigenvalue weighted by Crippen LogP contribution is -2.31. The Balaban J connectivity index is 3.32. The molecule has 0 radical (unpaired) electrons. The van der Waals surface area contributed by atoms with E-state index in [0.717, 1.165) is 0 Å². The van der Waals surface area contributed by atoms with Gasteiger partial charge in [0, 0.05) is 18.8 Å². The van der Waals surface area contributed by atoms with Gasteiger partial charge in [-0.2, -0.15) is 4.31 Å². The van der Waals surface area contributed by atoms with Crippen molar-refractivity contribution in [3.63, 3.8) is 0 Å². The summed E-state index contributed by atoms with van der Waals surface area (Å²) in [4.78, 5) is 0.0954. The second-order valence-corrected chi connectivity index (χ2v) is 5.79. The second kappa shape index (κ2) is 6.58. The molecular formula is C13H20N2O3S. The van der Waals surface area contributed by atoms with Gasteiger partial charge in [-0.25, -0.2) is 8.42 Å². The summed E-state index contributed by atoms with van der Waals surface area (Å²) in [7, 11) is -3.63. The summed E-state index contributed by atoms with van der Waals surface area (Å²) in [5, 5.41) is 0. The highest BCUT2D eigenvalue weighted by Gasteiger charge is 2.26. The van der Waals surface area contributed by atoms with Crippen LogP contribution in [0.25, 0.3) is 0 Å². The summed E-state index contributed by atoms with van der Waals surface area (Å²) < 4.78 is 31.8. The molecule has 0 aliphatic heterocycles. The first-order chi connectivity index (χ1) is 8.97. The van der Waals surface area contributed by atoms with Crippen LogP contribution in [0.1, 0.15) is 13.8 Å². The molecule has 0 atom stereocenters. The van der Waals surface area contributed by atoms with Crippen molar-refractivity contribution in [1.82, 2.24) is 4.31 Å². The molecular weight excluding hydrogens is 264 g/mol. The molecule has 0 bridgehead atoms. The molecule has 0 amide bonds. The van der Waals surface area contributed by atoms with E-state index in [4.69, 9.17) is 10.5 Å². The lowest BCUT2D eigenvalue weighted by molar-refractivity contribution is 0.329. The summed E-state index contributed by atoms with van der Waals surface area (Å²) in [5.41, 5.74) is 6.06. The Kier molecular flexibility index (Phi) is 5.38. The zero-order valence-electron chi connectivity index (χ0n) is 11.3. The Morgan fingerprint density at radius 1 is 1.42 bits per heavy atom. The first-order valence-electron chi connectivity index (χ1n) is 6.10. The fourth-order valence-electron chi connectivity index (χ4n) is 1.68. The van der Waals surface area contributed by atoms with Crippen molar-refractivity contribution in [3.05, 3.63) is 30.9 Å². The molecule has 0 saturated heterocycles. The van der Waals surface area contributed by atoms with Crippen LogP contribution in [0.2, 0.25) is 0 Å². The molecule has 0 aliphatic rings. The topological polar surface area (TPSA) is 72.6 Å². The van der Waals surface area contributed by atoms with Crippen LogP contribution >= 0.6 is 0 Å². The van der Waals surface area contributed by atoms with Crippen molar-refractivity contribution in [3.8, 4) is 5.75 Å². The largest absolute Gasteiger partial charge is 0.492 e. The highest BCUT2D eigenvalue weighted by atomic mass is 32.2. The fourth-order valence-corrected chi connectivity index (χ4v) is 3.27. The van der Waals surface area contributed by atoms with Crippen molar-refractivity contribution in [2.75, 3.05) is 25.4 Å². The average molecular weight is 284 g/mol. The number of likely N-dealkylation sites (N-methyl/N-ethyl adjacent to an activating group) is 1. The van der Waals surface area contributed by atoms with Gasteiger partial charge in [0.1, 0.15) is 10.6 Å². The molecule has 0 aromatic heterocycles. The van der Waals surface area contributed by atoms with Gasteiger partial charge >= 0.3 is 0 Å². The summed E-state index contributed by atoms with van der Waals surface area (Å²) in [5.74, 6) is 0.319. The minimum atomic E-state index is -3.63. The minimum Gasteiger partial charge on any atom is -0.492 e. The predicted octanol–water partition coefficient (Wildman–Crippen LogP) is 1.86. The van der Waals surface area contributed by atoms with E-state index >= 15 is 0 Å². The van der Waals surface area contributed by atoms with Crippen molar-refractivity contribution in [2.45, 2.75) is 18.7 Å². The van der Waals surface area contributed by atoms with Crippen LogP contribution in [0.3, 0.4) is 0 Å². The second-order valence-electron chi connectivity index (χ2n) is 3.88. The number of hydrogen-bond donors (Lipinski definition) is 1. The van der Waals surface area contributed by atoms with Gasteiger partial charge in [-0.3, -0.25) is 0 Å². The van der Waals surface area contributed by atoms with Crippen LogP contribution in [-0.2, 0) is 10.0 Å². The van der Waals surface area contributed by atoms with Gasteiger partial charge in [-0.15, -0.1) is 6.58 Å². The monoisotopic (exact) mass is 284 g/mol. The van der Waals surface area contributed by atoms with Crippen LogP contribution in [0, 0.1) is 0 Å². The van der Waals surface area contributed by atoms with Crippen LogP contribution in [0.5, 0.6) is 5.75 Å². The third kappa shape index (κ3) is 3.48. The van der Waals surface area contributed by atoms with E-state index in [1.165, 1.54) is 10.4 Å². The quantitative estimate of drug-likeness (QED) is 0.613. The van der Waals surface area contributed by atoms with Gasteiger partial charge in [-0.1, -0.05) is 13.0 Å². The number of nitrogens with zero attached hydrogens (tertiary/aromatic N) is 1. The summed E-state index contributed by atoms with van der Waals surface area (Å²) >= 11 is 0. The smallest absolute Gasteiger partial charge is 0.247 e. The number of anilines is 1. The molecule has 0 unspecified atom stereocenters. The molecule has 6 heteroatoms. The van der Waals surface area contributed by atoms with Crippen LogP contribution in [-0.4, -0.2) is 32.4 Å². The highest BCUT2D eigenvalue weighted by molar-refractivity contribution is 7.89. The maximum atomic E-state index is 12.5. The van der Waals surface area contributed by atoms with Gasteiger partial charge in [0.25, 0.3) is 0 Å². The third-order valence-electron chi connectivity index (χ3n) is 2.57. The number of rotatable bonds is 7. The predicted molar refractivity (Wildman–Crippen MR) is 76.7 cm³/mol. The van der Waals surface area contributed by atoms with Crippen LogP contribution in [0.4, 0.5) is 5.69 Å². The van der Waals surface area contributed by atoms with Gasteiger partial charge in [0.15, 0.2) is 0 Å². The molecule has 2 N–H and O–H groups in total. The van der Waals surface area contributed by atoms with E-state index in [2.05, 4.69) is 6.58 Å². The highest BCUT2D eigenvalue weighted by Crippen LogP contribution is 2.28. The van der Waals surface area contributed by atoms with E-state index in [0.29, 0.717) is 24.6 Å². The SMILES string of the molecule is C=CCN(CC)S(=O)(=O)c1cc(N)ccc1OCC. The van der Waals surface area contributed by atoms with Crippen molar-refractivity contribution in [1.29, 1.82) is 0 Å². The Morgan fingerprint density at radius 2 is 2.11 bits per heavy atom. The molecule has 1 rings (SSSR count). The van der Waals surface area contributed by atoms with E-state index in [-0.39, 0.29) is 11.4 Å². The van der Waals surface area contributed by atoms with Crippen LogP contribution in [0.15, 0.2) is 35.7 Å². The van der Waals surface area contributed by atoms with Crippen molar-refractivity contribution < 1.29 is 13.2 Å². The first-order valence-corrected chi connectivity index (χ1v) is 7.54. The fraction of sp³-hybridized carbons (Fsp3) is 0.385. The third-order valence-corrected chi connectivity index (χ3v) is 4.53. The zero-order chi connectivity index (χ0) is 14.5. The van der Waals surface area contributed by atoms with E-state index in [9.17, 15) is 8.42 Å². The molecule has 1 aromatic carbocycles. The molecule has 1 aromatic rings. The molecule has 19 heavy (non-hydrogen) atoms. The van der Waals surface area contributed by atoms with Gasteiger partial charge in [0.05, 0.1) is 6.61 Å². The Bertz CT molecular complexity index is 541. The Labute approximate surface area is 114 Å². The lowest BCUT2D eigenvalue weighted by Gasteiger charge is -2.20. The number of nitrogen functional groups attached to an aromatic ring is 1. The number of nitrogens with two attached hydrogens (primary N) is 1. The average Bonchev–Trinajstić information content (AvgIpc) is 2.38. The number of benzene rings is 1. The number of ether oxygens (including phenoxy) is 1. The summed E-state index contributed by atoms with van der Waals surface area (Å²) in [6.07, 6.45) is 1.55. The molecule has 0 heterocycles. The molecule has 106 valence electrons. The first kappa shape index (κ1) is 15.5. The summed E-state index contributed by atoms with van der Waals surface area (Å²) in [6.45, 7) is 8.14. The van der Waals surface area contributed by atoms with Crippen molar-refractivity contribution >= 4 is 15.7 Å². The van der Waals surface area contributed by atoms with Gasteiger partial charge < -0.3 is 10.5 Å². The number of sulfonamides is 1. The van der Waals surface area contributed by atoms with E-state index in [1.807, 2.05) is 0 Å². The van der Waals surface area contributed by atoms with Crippen molar-refractivity contribution in [2.24, 2.45) is 0 Å². The van der Waals surface area contributed by atoms with E-state index in [1.54, 1.807) is 32.1 Å². The standard InChI is InChI=1S/C13H20N2O3S/c1-4-9-15(5-2)19(16,17)13-10-11(14)7-8-12(13)18-6-3/h4,7-8,10H,1,5-6,9,14H2,2-3H3. The maximum Gasteiger partial charge on any atom is 0.247 e. The Morgan fingerprint density at radius 3 is 2.63 bits per heavy atom. The van der Waals surface area contributed by atoms with Gasteiger partial charge in [-0.05, 0) is 25.1 Å². The number of hydrogen-bond acceptors (Lipinski definition) is 4. The Hall–Kier alpha value is -1.53. The summed E-state index contributed by atoms with van der Waals surface area (Å²) in [6, 6.07) is 4.62.